The number of hydrogen-bond donors (Lipinski definition) is 1. The van der Waals surface area contributed by atoms with Gasteiger partial charge in [-0.05, 0) is 36.3 Å². The fraction of sp³-hybridized carbons (Fsp3) is 0.182. The van der Waals surface area contributed by atoms with E-state index < -0.39 is 17.7 Å². The maximum atomic E-state index is 12.7. The van der Waals surface area contributed by atoms with Crippen LogP contribution in [0, 0.1) is 6.92 Å². The molecule has 1 N–H and O–H groups in total. The van der Waals surface area contributed by atoms with Gasteiger partial charge in [0.05, 0.1) is 18.4 Å². The van der Waals surface area contributed by atoms with Crippen molar-refractivity contribution < 1.29 is 27.8 Å². The van der Waals surface area contributed by atoms with Gasteiger partial charge >= 0.3 is 12.1 Å². The zero-order valence-corrected chi connectivity index (χ0v) is 17.0. The van der Waals surface area contributed by atoms with E-state index in [9.17, 15) is 18.0 Å². The fourth-order valence-electron chi connectivity index (χ4n) is 2.79. The van der Waals surface area contributed by atoms with Gasteiger partial charge in [0.2, 0.25) is 5.76 Å². The molecule has 3 aromatic rings. The number of nitrogens with zero attached hydrogens (tertiary/aromatic N) is 1. The largest absolute Gasteiger partial charge is 0.490 e. The number of carboxylic acid groups (broad SMARTS) is 1. The number of benzene rings is 2. The molecule has 0 aliphatic carbocycles. The smallest absolute Gasteiger partial charge is 0.416 e. The van der Waals surface area contributed by atoms with E-state index in [1.807, 2.05) is 19.1 Å². The summed E-state index contributed by atoms with van der Waals surface area (Å²) in [7, 11) is 1.30. The van der Waals surface area contributed by atoms with E-state index in [4.69, 9.17) is 9.84 Å². The van der Waals surface area contributed by atoms with Gasteiger partial charge in [0, 0.05) is 16.9 Å². The SMILES string of the molecule is COC(=Cc1ccc(Cc2sc(-c3ccc(C(F)(F)F)cc3)nc2C)cc1)C(=O)O. The number of hydrogen-bond acceptors (Lipinski definition) is 4. The quantitative estimate of drug-likeness (QED) is 0.394. The summed E-state index contributed by atoms with van der Waals surface area (Å²) in [4.78, 5) is 16.5. The molecule has 0 radical (unpaired) electrons. The van der Waals surface area contributed by atoms with E-state index in [0.717, 1.165) is 28.3 Å². The number of carbonyl (C=O) groups is 1. The Morgan fingerprint density at radius 2 is 1.77 bits per heavy atom. The van der Waals surface area contributed by atoms with Crippen LogP contribution in [0.3, 0.4) is 0 Å². The monoisotopic (exact) mass is 433 g/mol. The predicted molar refractivity (Wildman–Crippen MR) is 109 cm³/mol. The Bertz CT molecular complexity index is 1070. The van der Waals surface area contributed by atoms with Crippen molar-refractivity contribution in [1.82, 2.24) is 4.98 Å². The number of aromatic nitrogens is 1. The molecule has 8 heteroatoms. The summed E-state index contributed by atoms with van der Waals surface area (Å²) in [5.41, 5.74) is 2.49. The summed E-state index contributed by atoms with van der Waals surface area (Å²) >= 11 is 1.44. The molecule has 30 heavy (non-hydrogen) atoms. The van der Waals surface area contributed by atoms with Gasteiger partial charge in [-0.15, -0.1) is 11.3 Å². The number of alkyl halides is 3. The molecular formula is C22H18F3NO3S. The van der Waals surface area contributed by atoms with Crippen LogP contribution >= 0.6 is 11.3 Å². The van der Waals surface area contributed by atoms with Crippen molar-refractivity contribution in [3.63, 3.8) is 0 Å². The summed E-state index contributed by atoms with van der Waals surface area (Å²) in [5, 5.41) is 9.68. The number of aliphatic carboxylic acids is 1. The van der Waals surface area contributed by atoms with Gasteiger partial charge in [0.25, 0.3) is 0 Å². The zero-order chi connectivity index (χ0) is 21.9. The van der Waals surface area contributed by atoms with Crippen LogP contribution < -0.4 is 0 Å². The average molecular weight is 433 g/mol. The Morgan fingerprint density at radius 3 is 2.30 bits per heavy atom. The summed E-state index contributed by atoms with van der Waals surface area (Å²) < 4.78 is 43.0. The second kappa shape index (κ2) is 8.71. The third-order valence-electron chi connectivity index (χ3n) is 4.42. The number of rotatable bonds is 6. The number of methoxy groups -OCH3 is 1. The Labute approximate surface area is 175 Å². The maximum absolute atomic E-state index is 12.7. The second-order valence-electron chi connectivity index (χ2n) is 6.54. The number of thiazole rings is 1. The molecule has 4 nitrogen and oxygen atoms in total. The van der Waals surface area contributed by atoms with E-state index in [1.165, 1.54) is 36.7 Å². The van der Waals surface area contributed by atoms with Crippen LogP contribution in [-0.2, 0) is 22.1 Å². The van der Waals surface area contributed by atoms with Crippen LogP contribution in [0.25, 0.3) is 16.6 Å². The number of aryl methyl sites for hydroxylation is 1. The lowest BCUT2D eigenvalue weighted by Gasteiger charge is -2.06. The lowest BCUT2D eigenvalue weighted by molar-refractivity contribution is -0.137. The van der Waals surface area contributed by atoms with Crippen molar-refractivity contribution in [2.24, 2.45) is 0 Å². The third kappa shape index (κ3) is 5.07. The van der Waals surface area contributed by atoms with Gasteiger partial charge in [-0.2, -0.15) is 13.2 Å². The molecule has 0 bridgehead atoms. The van der Waals surface area contributed by atoms with E-state index in [-0.39, 0.29) is 5.76 Å². The molecule has 0 aliphatic heterocycles. The number of ether oxygens (including phenoxy) is 1. The topological polar surface area (TPSA) is 59.4 Å². The van der Waals surface area contributed by atoms with Crippen LogP contribution in [0.4, 0.5) is 13.2 Å². The Morgan fingerprint density at radius 1 is 1.13 bits per heavy atom. The molecule has 0 spiro atoms. The first-order chi connectivity index (χ1) is 14.2. The molecule has 0 unspecified atom stereocenters. The van der Waals surface area contributed by atoms with E-state index in [1.54, 1.807) is 12.1 Å². The Kier molecular flexibility index (Phi) is 6.26. The highest BCUT2D eigenvalue weighted by Crippen LogP contribution is 2.33. The van der Waals surface area contributed by atoms with Crippen molar-refractivity contribution in [2.45, 2.75) is 19.5 Å². The maximum Gasteiger partial charge on any atom is 0.416 e. The molecular weight excluding hydrogens is 415 g/mol. The minimum Gasteiger partial charge on any atom is -0.490 e. The predicted octanol–water partition coefficient (Wildman–Crippen LogP) is 5.80. The van der Waals surface area contributed by atoms with Crippen LogP contribution in [0.15, 0.2) is 54.3 Å². The van der Waals surface area contributed by atoms with Gasteiger partial charge in [-0.3, -0.25) is 0 Å². The normalized spacial score (nSPS) is 12.1. The summed E-state index contributed by atoms with van der Waals surface area (Å²) in [6, 6.07) is 12.3. The van der Waals surface area contributed by atoms with Crippen molar-refractivity contribution in [3.8, 4) is 10.6 Å². The molecule has 0 fully saturated rings. The molecule has 3 rings (SSSR count). The average Bonchev–Trinajstić information content (AvgIpc) is 3.07. The zero-order valence-electron chi connectivity index (χ0n) is 16.2. The van der Waals surface area contributed by atoms with E-state index in [0.29, 0.717) is 22.6 Å². The fourth-order valence-corrected chi connectivity index (χ4v) is 3.90. The molecule has 0 atom stereocenters. The van der Waals surface area contributed by atoms with Gasteiger partial charge in [-0.1, -0.05) is 36.4 Å². The van der Waals surface area contributed by atoms with Crippen molar-refractivity contribution in [3.05, 3.63) is 81.6 Å². The molecule has 156 valence electrons. The van der Waals surface area contributed by atoms with Crippen LogP contribution in [0.2, 0.25) is 0 Å². The first-order valence-electron chi connectivity index (χ1n) is 8.89. The van der Waals surface area contributed by atoms with Crippen LogP contribution in [0.1, 0.15) is 27.3 Å². The molecule has 1 heterocycles. The lowest BCUT2D eigenvalue weighted by atomic mass is 10.1. The van der Waals surface area contributed by atoms with E-state index >= 15 is 0 Å². The molecule has 2 aromatic carbocycles. The Hall–Kier alpha value is -3.13. The standard InChI is InChI=1S/C22H18F3NO3S/c1-13-19(12-15-5-3-14(4-6-15)11-18(29-2)21(27)28)30-20(26-13)16-7-9-17(10-8-16)22(23,24)25/h3-11H,12H2,1-2H3,(H,27,28). The highest BCUT2D eigenvalue weighted by Gasteiger charge is 2.30. The van der Waals surface area contributed by atoms with E-state index in [2.05, 4.69) is 4.98 Å². The Balaban J connectivity index is 1.77. The molecule has 0 saturated heterocycles. The minimum absolute atomic E-state index is 0.151. The van der Waals surface area contributed by atoms with Crippen molar-refractivity contribution in [2.75, 3.05) is 7.11 Å². The summed E-state index contributed by atoms with van der Waals surface area (Å²) in [6.07, 6.45) is -2.31. The van der Waals surface area contributed by atoms with Gasteiger partial charge in [-0.25, -0.2) is 9.78 Å². The summed E-state index contributed by atoms with van der Waals surface area (Å²) in [5.74, 6) is -1.29. The third-order valence-corrected chi connectivity index (χ3v) is 5.63. The second-order valence-corrected chi connectivity index (χ2v) is 7.62. The minimum atomic E-state index is -4.36. The van der Waals surface area contributed by atoms with Crippen molar-refractivity contribution >= 4 is 23.4 Å². The summed E-state index contributed by atoms with van der Waals surface area (Å²) in [6.45, 7) is 1.87. The molecule has 0 saturated carbocycles. The number of halogens is 3. The van der Waals surface area contributed by atoms with Gasteiger partial charge < -0.3 is 9.84 Å². The van der Waals surface area contributed by atoms with Gasteiger partial charge in [0.15, 0.2) is 0 Å². The van der Waals surface area contributed by atoms with Crippen molar-refractivity contribution in [1.29, 1.82) is 0 Å². The molecule has 0 aliphatic rings. The first-order valence-corrected chi connectivity index (χ1v) is 9.71. The molecule has 1 aromatic heterocycles. The highest BCUT2D eigenvalue weighted by atomic mass is 32.1. The van der Waals surface area contributed by atoms with Crippen LogP contribution in [0.5, 0.6) is 0 Å². The lowest BCUT2D eigenvalue weighted by Crippen LogP contribution is -2.03. The molecule has 0 amide bonds. The highest BCUT2D eigenvalue weighted by molar-refractivity contribution is 7.15. The number of carboxylic acids is 1. The first kappa shape index (κ1) is 21.6. The van der Waals surface area contributed by atoms with Crippen LogP contribution in [-0.4, -0.2) is 23.2 Å². The van der Waals surface area contributed by atoms with Gasteiger partial charge in [0.1, 0.15) is 5.01 Å².